The SMILES string of the molecule is CC[C@@H](C)N1C(=O)/C(=C\c2c(N3CCN(Cc4ccccc4)CC3)nc3ccccn3c2=O)SC1=S. The van der Waals surface area contributed by atoms with Gasteiger partial charge in [-0.25, -0.2) is 4.98 Å². The van der Waals surface area contributed by atoms with Crippen LogP contribution in [0.25, 0.3) is 11.7 Å². The number of piperazine rings is 1. The molecule has 4 heterocycles. The number of fused-ring (bicyclic) bond motifs is 1. The zero-order chi connectivity index (χ0) is 25.2. The Morgan fingerprint density at radius 3 is 2.50 bits per heavy atom. The molecule has 1 aromatic carbocycles. The summed E-state index contributed by atoms with van der Waals surface area (Å²) in [7, 11) is 0. The zero-order valence-corrected chi connectivity index (χ0v) is 22.1. The average molecular weight is 520 g/mol. The first-order valence-electron chi connectivity index (χ1n) is 12.3. The van der Waals surface area contributed by atoms with Crippen LogP contribution >= 0.6 is 24.0 Å². The second-order valence-corrected chi connectivity index (χ2v) is 10.8. The number of aromatic nitrogens is 2. The summed E-state index contributed by atoms with van der Waals surface area (Å²) in [4.78, 5) is 38.4. The highest BCUT2D eigenvalue weighted by Crippen LogP contribution is 2.35. The number of hydrogen-bond acceptors (Lipinski definition) is 7. The van der Waals surface area contributed by atoms with E-state index in [1.54, 1.807) is 17.2 Å². The molecular formula is C27H29N5O2S2. The van der Waals surface area contributed by atoms with E-state index < -0.39 is 0 Å². The number of carbonyl (C=O) groups is 1. The normalized spacial score (nSPS) is 19.0. The number of rotatable bonds is 6. The van der Waals surface area contributed by atoms with Gasteiger partial charge in [-0.2, -0.15) is 0 Å². The fourth-order valence-corrected chi connectivity index (χ4v) is 6.04. The molecule has 0 bridgehead atoms. The smallest absolute Gasteiger partial charge is 0.267 e. The van der Waals surface area contributed by atoms with Gasteiger partial charge in [0.1, 0.15) is 15.8 Å². The number of anilines is 1. The maximum Gasteiger partial charge on any atom is 0.267 e. The Balaban J connectivity index is 1.47. The first kappa shape index (κ1) is 24.7. The maximum absolute atomic E-state index is 13.6. The fraction of sp³-hybridized carbons (Fsp3) is 0.333. The van der Waals surface area contributed by atoms with Crippen molar-refractivity contribution in [2.75, 3.05) is 31.1 Å². The molecule has 2 aliphatic rings. The second-order valence-electron chi connectivity index (χ2n) is 9.14. The largest absolute Gasteiger partial charge is 0.353 e. The van der Waals surface area contributed by atoms with Crippen LogP contribution in [0.4, 0.5) is 5.82 Å². The summed E-state index contributed by atoms with van der Waals surface area (Å²) in [6.45, 7) is 8.13. The van der Waals surface area contributed by atoms with Gasteiger partial charge in [0.2, 0.25) is 0 Å². The predicted molar refractivity (Wildman–Crippen MR) is 150 cm³/mol. The van der Waals surface area contributed by atoms with Gasteiger partial charge in [-0.05, 0) is 37.1 Å². The molecule has 5 rings (SSSR count). The van der Waals surface area contributed by atoms with Gasteiger partial charge in [0.15, 0.2) is 0 Å². The number of thioether (sulfide) groups is 1. The molecular weight excluding hydrogens is 490 g/mol. The molecule has 186 valence electrons. The highest BCUT2D eigenvalue weighted by molar-refractivity contribution is 8.26. The van der Waals surface area contributed by atoms with E-state index in [1.165, 1.54) is 21.7 Å². The molecule has 0 unspecified atom stereocenters. The number of benzene rings is 1. The summed E-state index contributed by atoms with van der Waals surface area (Å²) in [5.41, 5.74) is 2.13. The first-order valence-corrected chi connectivity index (χ1v) is 13.5. The van der Waals surface area contributed by atoms with Crippen LogP contribution in [0, 0.1) is 0 Å². The molecule has 36 heavy (non-hydrogen) atoms. The molecule has 3 aromatic rings. The van der Waals surface area contributed by atoms with Gasteiger partial charge in [0, 0.05) is 45.0 Å². The van der Waals surface area contributed by atoms with E-state index in [-0.39, 0.29) is 17.5 Å². The van der Waals surface area contributed by atoms with Gasteiger partial charge < -0.3 is 4.90 Å². The maximum atomic E-state index is 13.6. The summed E-state index contributed by atoms with van der Waals surface area (Å²) in [5, 5.41) is 0. The predicted octanol–water partition coefficient (Wildman–Crippen LogP) is 4.02. The molecule has 0 radical (unpaired) electrons. The Morgan fingerprint density at radius 2 is 1.78 bits per heavy atom. The summed E-state index contributed by atoms with van der Waals surface area (Å²) in [5.74, 6) is 0.481. The number of pyridine rings is 1. The van der Waals surface area contributed by atoms with Crippen molar-refractivity contribution in [3.8, 4) is 0 Å². The van der Waals surface area contributed by atoms with Gasteiger partial charge in [-0.3, -0.25) is 23.8 Å². The number of carbonyl (C=O) groups excluding carboxylic acids is 1. The number of hydrogen-bond donors (Lipinski definition) is 0. The third-order valence-electron chi connectivity index (χ3n) is 6.80. The highest BCUT2D eigenvalue weighted by Gasteiger charge is 2.35. The topological polar surface area (TPSA) is 61.2 Å². The molecule has 0 N–H and O–H groups in total. The molecule has 0 saturated carbocycles. The Hall–Kier alpha value is -3.01. The van der Waals surface area contributed by atoms with Crippen LogP contribution < -0.4 is 10.5 Å². The molecule has 2 aromatic heterocycles. The van der Waals surface area contributed by atoms with Gasteiger partial charge >= 0.3 is 0 Å². The van der Waals surface area contributed by atoms with Gasteiger partial charge in [0.05, 0.1) is 10.5 Å². The molecule has 2 fully saturated rings. The van der Waals surface area contributed by atoms with E-state index in [0.717, 1.165) is 39.1 Å². The molecule has 0 spiro atoms. The lowest BCUT2D eigenvalue weighted by molar-refractivity contribution is -0.123. The van der Waals surface area contributed by atoms with Gasteiger partial charge in [0.25, 0.3) is 11.5 Å². The minimum absolute atomic E-state index is 0.0105. The van der Waals surface area contributed by atoms with E-state index in [1.807, 2.05) is 38.1 Å². The van der Waals surface area contributed by atoms with Crippen LogP contribution in [-0.4, -0.2) is 61.6 Å². The van der Waals surface area contributed by atoms with Gasteiger partial charge in [-0.15, -0.1) is 0 Å². The Morgan fingerprint density at radius 1 is 1.06 bits per heavy atom. The van der Waals surface area contributed by atoms with E-state index >= 15 is 0 Å². The average Bonchev–Trinajstić information content (AvgIpc) is 3.18. The second kappa shape index (κ2) is 10.5. The van der Waals surface area contributed by atoms with Crippen molar-refractivity contribution in [1.82, 2.24) is 19.2 Å². The Labute approximate surface area is 220 Å². The standard InChI is InChI=1S/C27H29N5O2S2/c1-3-19(2)32-26(34)22(36-27(32)35)17-21-24(28-23-11-7-8-12-31(23)25(21)33)30-15-13-29(14-16-30)18-20-9-5-4-6-10-20/h4-12,17,19H,3,13-16,18H2,1-2H3/b22-17+/t19-/m1/s1. The third kappa shape index (κ3) is 4.83. The summed E-state index contributed by atoms with van der Waals surface area (Å²) in [6, 6.07) is 16.0. The monoisotopic (exact) mass is 519 g/mol. The van der Waals surface area contributed by atoms with E-state index in [4.69, 9.17) is 17.2 Å². The Bertz CT molecular complexity index is 1380. The lowest BCUT2D eigenvalue weighted by Crippen LogP contribution is -2.47. The van der Waals surface area contributed by atoms with E-state index in [9.17, 15) is 9.59 Å². The van der Waals surface area contributed by atoms with Crippen LogP contribution in [-0.2, 0) is 11.3 Å². The lowest BCUT2D eigenvalue weighted by Gasteiger charge is -2.36. The van der Waals surface area contributed by atoms with Crippen molar-refractivity contribution in [1.29, 1.82) is 0 Å². The fourth-order valence-electron chi connectivity index (χ4n) is 4.59. The van der Waals surface area contributed by atoms with Crippen molar-refractivity contribution in [3.05, 3.63) is 81.1 Å². The van der Waals surface area contributed by atoms with Crippen molar-refractivity contribution in [3.63, 3.8) is 0 Å². The third-order valence-corrected chi connectivity index (χ3v) is 8.13. The minimum Gasteiger partial charge on any atom is -0.353 e. The first-order chi connectivity index (χ1) is 17.5. The molecule has 1 amide bonds. The van der Waals surface area contributed by atoms with Crippen molar-refractivity contribution < 1.29 is 4.79 Å². The zero-order valence-electron chi connectivity index (χ0n) is 20.5. The van der Waals surface area contributed by atoms with Crippen LogP contribution in [0.5, 0.6) is 0 Å². The highest BCUT2D eigenvalue weighted by atomic mass is 32.2. The summed E-state index contributed by atoms with van der Waals surface area (Å²) >= 11 is 6.76. The lowest BCUT2D eigenvalue weighted by atomic mass is 10.1. The summed E-state index contributed by atoms with van der Waals surface area (Å²) < 4.78 is 2.07. The number of nitrogens with zero attached hydrogens (tertiary/aromatic N) is 5. The van der Waals surface area contributed by atoms with Crippen LogP contribution in [0.1, 0.15) is 31.4 Å². The Kier molecular flexibility index (Phi) is 7.22. The number of thiocarbonyl (C=S) groups is 1. The molecule has 9 heteroatoms. The van der Waals surface area contributed by atoms with Crippen molar-refractivity contribution >= 4 is 51.7 Å². The van der Waals surface area contributed by atoms with Crippen molar-refractivity contribution in [2.24, 2.45) is 0 Å². The van der Waals surface area contributed by atoms with Crippen LogP contribution in [0.15, 0.2) is 64.4 Å². The van der Waals surface area contributed by atoms with E-state index in [0.29, 0.717) is 26.3 Å². The summed E-state index contributed by atoms with van der Waals surface area (Å²) in [6.07, 6.45) is 4.22. The van der Waals surface area contributed by atoms with Gasteiger partial charge in [-0.1, -0.05) is 67.3 Å². The quantitative estimate of drug-likeness (QED) is 0.360. The van der Waals surface area contributed by atoms with Crippen molar-refractivity contribution in [2.45, 2.75) is 32.9 Å². The minimum atomic E-state index is -0.184. The number of amides is 1. The molecule has 2 saturated heterocycles. The molecule has 0 aliphatic carbocycles. The van der Waals surface area contributed by atoms with Crippen LogP contribution in [0.3, 0.4) is 0 Å². The molecule has 2 aliphatic heterocycles. The van der Waals surface area contributed by atoms with E-state index in [2.05, 4.69) is 34.1 Å². The van der Waals surface area contributed by atoms with Crippen LogP contribution in [0.2, 0.25) is 0 Å². The molecule has 1 atom stereocenters. The molecule has 7 nitrogen and oxygen atoms in total.